The summed E-state index contributed by atoms with van der Waals surface area (Å²) in [6.45, 7) is 8.38. The topological polar surface area (TPSA) is 49.8 Å². The number of nitrogens with zero attached hydrogens (tertiary/aromatic N) is 1. The predicted molar refractivity (Wildman–Crippen MR) is 108 cm³/mol. The highest BCUT2D eigenvalue weighted by Gasteiger charge is 2.12. The van der Waals surface area contributed by atoms with Gasteiger partial charge in [-0.15, -0.1) is 11.3 Å². The van der Waals surface area contributed by atoms with Gasteiger partial charge >= 0.3 is 5.97 Å². The van der Waals surface area contributed by atoms with E-state index >= 15 is 0 Å². The molecular weight excluding hydrogens is 437 g/mol. The van der Waals surface area contributed by atoms with Crippen LogP contribution in [-0.4, -0.2) is 27.8 Å². The molecule has 128 valence electrons. The Balaban J connectivity index is 2.25. The molecule has 1 N–H and O–H groups in total. The zero-order chi connectivity index (χ0) is 17.9. The molecule has 0 aliphatic rings. The molecule has 1 heterocycles. The van der Waals surface area contributed by atoms with E-state index in [-0.39, 0.29) is 6.42 Å². The summed E-state index contributed by atoms with van der Waals surface area (Å²) in [4.78, 5) is 11.0. The SMILES string of the molecule is C=C(C)/C(=C\N(C)I)COc1cc(C)c2c(CC(=O)O)csc2c1. The van der Waals surface area contributed by atoms with Crippen molar-refractivity contribution in [3.05, 3.63) is 52.6 Å². The fourth-order valence-corrected chi connectivity index (χ4v) is 3.84. The summed E-state index contributed by atoms with van der Waals surface area (Å²) in [5.74, 6) is -0.0273. The van der Waals surface area contributed by atoms with Crippen molar-refractivity contribution in [2.75, 3.05) is 13.7 Å². The molecule has 0 aliphatic carbocycles. The smallest absolute Gasteiger partial charge is 0.307 e. The summed E-state index contributed by atoms with van der Waals surface area (Å²) in [6.07, 6.45) is 2.04. The molecule has 0 radical (unpaired) electrons. The summed E-state index contributed by atoms with van der Waals surface area (Å²) in [5, 5.41) is 12.0. The first-order valence-corrected chi connectivity index (χ1v) is 9.23. The fourth-order valence-electron chi connectivity index (χ4n) is 2.44. The van der Waals surface area contributed by atoms with Crippen molar-refractivity contribution >= 4 is 50.3 Å². The Bertz CT molecular complexity index is 808. The maximum atomic E-state index is 11.0. The molecule has 0 spiro atoms. The Morgan fingerprint density at radius 2 is 2.21 bits per heavy atom. The summed E-state index contributed by atoms with van der Waals surface area (Å²) >= 11 is 3.74. The third-order valence-corrected chi connectivity index (χ3v) is 4.80. The van der Waals surface area contributed by atoms with Gasteiger partial charge in [-0.25, -0.2) is 0 Å². The minimum absolute atomic E-state index is 0.0472. The number of ether oxygens (including phenoxy) is 1. The Labute approximate surface area is 159 Å². The van der Waals surface area contributed by atoms with Gasteiger partial charge in [-0.1, -0.05) is 12.2 Å². The number of carbonyl (C=O) groups is 1. The summed E-state index contributed by atoms with van der Waals surface area (Å²) in [6, 6.07) is 3.94. The molecule has 0 aliphatic heterocycles. The summed E-state index contributed by atoms with van der Waals surface area (Å²) in [7, 11) is 1.95. The van der Waals surface area contributed by atoms with E-state index in [0.717, 1.165) is 38.1 Å². The Morgan fingerprint density at radius 1 is 1.50 bits per heavy atom. The molecule has 0 atom stereocenters. The fraction of sp³-hybridized carbons (Fsp3) is 0.278. The molecule has 0 saturated heterocycles. The second kappa shape index (κ2) is 8.02. The van der Waals surface area contributed by atoms with Gasteiger partial charge in [0.05, 0.1) is 29.3 Å². The molecule has 2 rings (SSSR count). The molecule has 1 aromatic heterocycles. The lowest BCUT2D eigenvalue weighted by Crippen LogP contribution is -2.06. The lowest BCUT2D eigenvalue weighted by atomic mass is 10.1. The number of hydrogen-bond acceptors (Lipinski definition) is 4. The molecule has 0 saturated carbocycles. The van der Waals surface area contributed by atoms with Crippen LogP contribution in [0, 0.1) is 6.92 Å². The zero-order valence-corrected chi connectivity index (χ0v) is 16.9. The van der Waals surface area contributed by atoms with Crippen LogP contribution in [0.2, 0.25) is 0 Å². The molecule has 6 heteroatoms. The summed E-state index contributed by atoms with van der Waals surface area (Å²) < 4.78 is 8.93. The van der Waals surface area contributed by atoms with Gasteiger partial charge < -0.3 is 13.0 Å². The van der Waals surface area contributed by atoms with Gasteiger partial charge in [0, 0.05) is 23.5 Å². The third-order valence-electron chi connectivity index (χ3n) is 3.54. The number of benzene rings is 1. The molecular formula is C18H20INO3S. The van der Waals surface area contributed by atoms with Gasteiger partial charge in [0.1, 0.15) is 12.4 Å². The van der Waals surface area contributed by atoms with Gasteiger partial charge in [0.25, 0.3) is 0 Å². The first-order chi connectivity index (χ1) is 11.3. The van der Waals surface area contributed by atoms with E-state index in [1.54, 1.807) is 11.3 Å². The van der Waals surface area contributed by atoms with Gasteiger partial charge in [-0.2, -0.15) is 0 Å². The predicted octanol–water partition coefficient (Wildman–Crippen LogP) is 4.96. The molecule has 0 unspecified atom stereocenters. The lowest BCUT2D eigenvalue weighted by molar-refractivity contribution is -0.136. The monoisotopic (exact) mass is 457 g/mol. The number of aliphatic carboxylic acids is 1. The number of carboxylic acid groups (broad SMARTS) is 1. The van der Waals surface area contributed by atoms with E-state index in [1.165, 1.54) is 0 Å². The van der Waals surface area contributed by atoms with Crippen molar-refractivity contribution in [2.24, 2.45) is 0 Å². The highest BCUT2D eigenvalue weighted by Crippen LogP contribution is 2.33. The van der Waals surface area contributed by atoms with Gasteiger partial charge in [-0.3, -0.25) is 4.79 Å². The Hall–Kier alpha value is -1.54. The molecule has 1 aromatic carbocycles. The van der Waals surface area contributed by atoms with E-state index in [4.69, 9.17) is 9.84 Å². The van der Waals surface area contributed by atoms with Crippen LogP contribution in [0.15, 0.2) is 41.4 Å². The van der Waals surface area contributed by atoms with Gasteiger partial charge in [0.15, 0.2) is 0 Å². The van der Waals surface area contributed by atoms with Crippen LogP contribution in [0.3, 0.4) is 0 Å². The van der Waals surface area contributed by atoms with Crippen molar-refractivity contribution < 1.29 is 14.6 Å². The van der Waals surface area contributed by atoms with Crippen molar-refractivity contribution in [1.29, 1.82) is 0 Å². The van der Waals surface area contributed by atoms with Crippen LogP contribution in [0.5, 0.6) is 5.75 Å². The van der Waals surface area contributed by atoms with Crippen molar-refractivity contribution in [2.45, 2.75) is 20.3 Å². The standard InChI is InChI=1S/C18H20INO3S/c1-11(2)14(8-20(4)19)9-23-15-5-12(3)18-13(6-17(21)22)10-24-16(18)7-15/h5,7-8,10H,1,6,9H2,2-4H3,(H,21,22)/b14-8-. The van der Waals surface area contributed by atoms with E-state index in [2.05, 4.69) is 29.4 Å². The minimum atomic E-state index is -0.811. The highest BCUT2D eigenvalue weighted by atomic mass is 127. The van der Waals surface area contributed by atoms with Crippen LogP contribution < -0.4 is 4.74 Å². The van der Waals surface area contributed by atoms with E-state index in [0.29, 0.717) is 6.61 Å². The number of rotatable bonds is 7. The van der Waals surface area contributed by atoms with Crippen molar-refractivity contribution in [1.82, 2.24) is 3.11 Å². The Morgan fingerprint density at radius 3 is 2.79 bits per heavy atom. The number of hydrogen-bond donors (Lipinski definition) is 1. The van der Waals surface area contributed by atoms with Crippen molar-refractivity contribution in [3.63, 3.8) is 0 Å². The minimum Gasteiger partial charge on any atom is -0.489 e. The van der Waals surface area contributed by atoms with E-state index < -0.39 is 5.97 Å². The number of fused-ring (bicyclic) bond motifs is 1. The van der Waals surface area contributed by atoms with Crippen molar-refractivity contribution in [3.8, 4) is 5.75 Å². The second-order valence-corrected chi connectivity index (χ2v) is 8.13. The molecule has 4 nitrogen and oxygen atoms in total. The molecule has 2 aromatic rings. The average Bonchev–Trinajstić information content (AvgIpc) is 2.85. The second-order valence-electron chi connectivity index (χ2n) is 5.69. The highest BCUT2D eigenvalue weighted by molar-refractivity contribution is 14.1. The average molecular weight is 457 g/mol. The third kappa shape index (κ3) is 4.73. The maximum absolute atomic E-state index is 11.0. The summed E-state index contributed by atoms with van der Waals surface area (Å²) in [5.41, 5.74) is 3.89. The molecule has 0 fully saturated rings. The lowest BCUT2D eigenvalue weighted by Gasteiger charge is -2.13. The first-order valence-electron chi connectivity index (χ1n) is 7.38. The normalized spacial score (nSPS) is 11.6. The van der Waals surface area contributed by atoms with Crippen LogP contribution in [-0.2, 0) is 11.2 Å². The van der Waals surface area contributed by atoms with Gasteiger partial charge in [-0.05, 0) is 47.9 Å². The first kappa shape index (κ1) is 18.8. The Kier molecular flexibility index (Phi) is 6.28. The van der Waals surface area contributed by atoms with E-state index in [9.17, 15) is 4.79 Å². The van der Waals surface area contributed by atoms with Gasteiger partial charge in [0.2, 0.25) is 0 Å². The quantitative estimate of drug-likeness (QED) is 0.363. The largest absolute Gasteiger partial charge is 0.489 e. The van der Waals surface area contributed by atoms with Crippen LogP contribution in [0.1, 0.15) is 18.1 Å². The maximum Gasteiger partial charge on any atom is 0.307 e. The number of aryl methyl sites for hydroxylation is 1. The van der Waals surface area contributed by atoms with Crippen LogP contribution in [0.25, 0.3) is 10.1 Å². The molecule has 0 bridgehead atoms. The number of carboxylic acids is 1. The number of thiophene rings is 1. The van der Waals surface area contributed by atoms with E-state index in [1.807, 2.05) is 47.7 Å². The number of halogens is 1. The van der Waals surface area contributed by atoms with Crippen LogP contribution in [0.4, 0.5) is 0 Å². The zero-order valence-electron chi connectivity index (χ0n) is 13.9. The van der Waals surface area contributed by atoms with Crippen LogP contribution >= 0.6 is 34.2 Å². The molecule has 0 amide bonds. The molecule has 24 heavy (non-hydrogen) atoms.